The van der Waals surface area contributed by atoms with Crippen molar-refractivity contribution >= 4 is 29.4 Å². The summed E-state index contributed by atoms with van der Waals surface area (Å²) < 4.78 is 0. The Balaban J connectivity index is 2.95. The van der Waals surface area contributed by atoms with Crippen LogP contribution in [0.5, 0.6) is 0 Å². The zero-order chi connectivity index (χ0) is 14.4. The predicted molar refractivity (Wildman–Crippen MR) is 79.3 cm³/mol. The van der Waals surface area contributed by atoms with Gasteiger partial charge in [-0.2, -0.15) is 11.8 Å². The van der Waals surface area contributed by atoms with Crippen LogP contribution < -0.4 is 4.90 Å². The highest BCUT2D eigenvalue weighted by Gasteiger charge is 2.16. The number of hydrogen-bond acceptors (Lipinski definition) is 5. The van der Waals surface area contributed by atoms with Gasteiger partial charge in [-0.25, -0.2) is 0 Å². The van der Waals surface area contributed by atoms with Crippen molar-refractivity contribution in [3.8, 4) is 0 Å². The van der Waals surface area contributed by atoms with Crippen molar-refractivity contribution in [1.29, 1.82) is 0 Å². The van der Waals surface area contributed by atoms with Crippen molar-refractivity contribution in [2.75, 3.05) is 24.0 Å². The van der Waals surface area contributed by atoms with Crippen molar-refractivity contribution in [3.63, 3.8) is 0 Å². The first-order valence-electron chi connectivity index (χ1n) is 5.96. The van der Waals surface area contributed by atoms with Crippen LogP contribution in [0.4, 0.5) is 11.4 Å². The SMILES string of the molecule is CSCCC(C)N(C)c1ccc([N+](=O)[O-])c(C=O)c1. The number of thioether (sulfide) groups is 1. The van der Waals surface area contributed by atoms with E-state index in [9.17, 15) is 14.9 Å². The van der Waals surface area contributed by atoms with Gasteiger partial charge in [0.2, 0.25) is 0 Å². The Hall–Kier alpha value is -1.56. The van der Waals surface area contributed by atoms with Crippen molar-refractivity contribution < 1.29 is 9.72 Å². The maximum atomic E-state index is 10.9. The van der Waals surface area contributed by atoms with E-state index in [1.807, 2.05) is 11.9 Å². The topological polar surface area (TPSA) is 63.4 Å². The molecule has 0 saturated heterocycles. The van der Waals surface area contributed by atoms with Gasteiger partial charge < -0.3 is 4.90 Å². The molecule has 1 unspecified atom stereocenters. The lowest BCUT2D eigenvalue weighted by Crippen LogP contribution is -2.29. The second-order valence-electron chi connectivity index (χ2n) is 4.36. The van der Waals surface area contributed by atoms with Crippen LogP contribution in [0, 0.1) is 10.1 Å². The lowest BCUT2D eigenvalue weighted by Gasteiger charge is -2.27. The maximum absolute atomic E-state index is 10.9. The summed E-state index contributed by atoms with van der Waals surface area (Å²) in [7, 11) is 1.93. The third-order valence-corrected chi connectivity index (χ3v) is 3.79. The number of anilines is 1. The molecule has 0 aliphatic heterocycles. The molecular formula is C13H18N2O3S. The van der Waals surface area contributed by atoms with E-state index in [1.165, 1.54) is 6.07 Å². The van der Waals surface area contributed by atoms with Crippen molar-refractivity contribution in [2.24, 2.45) is 0 Å². The van der Waals surface area contributed by atoms with Crippen LogP contribution in [-0.2, 0) is 0 Å². The van der Waals surface area contributed by atoms with E-state index in [4.69, 9.17) is 0 Å². The van der Waals surface area contributed by atoms with E-state index >= 15 is 0 Å². The first-order valence-corrected chi connectivity index (χ1v) is 7.36. The number of aldehydes is 1. The predicted octanol–water partition coefficient (Wildman–Crippen LogP) is 2.99. The molecule has 0 bridgehead atoms. The fourth-order valence-electron chi connectivity index (χ4n) is 1.76. The Kier molecular flexibility index (Phi) is 5.82. The van der Waals surface area contributed by atoms with Crippen LogP contribution in [-0.4, -0.2) is 36.3 Å². The van der Waals surface area contributed by atoms with Gasteiger partial charge in [-0.05, 0) is 37.5 Å². The summed E-state index contributed by atoms with van der Waals surface area (Å²) in [6.45, 7) is 2.10. The summed E-state index contributed by atoms with van der Waals surface area (Å²) in [5.41, 5.74) is 0.789. The molecule has 0 amide bonds. The standard InChI is InChI=1S/C13H18N2O3S/c1-10(6-7-19-3)14(2)12-4-5-13(15(17)18)11(8-12)9-16/h4-5,8-10H,6-7H2,1-3H3. The zero-order valence-electron chi connectivity index (χ0n) is 11.3. The summed E-state index contributed by atoms with van der Waals surface area (Å²) in [5.74, 6) is 1.05. The average molecular weight is 282 g/mol. The monoisotopic (exact) mass is 282 g/mol. The van der Waals surface area contributed by atoms with Gasteiger partial charge in [-0.15, -0.1) is 0 Å². The summed E-state index contributed by atoms with van der Waals surface area (Å²) in [6, 6.07) is 4.95. The Morgan fingerprint density at radius 2 is 2.21 bits per heavy atom. The van der Waals surface area contributed by atoms with Gasteiger partial charge in [-0.3, -0.25) is 14.9 Å². The van der Waals surface area contributed by atoms with Gasteiger partial charge in [0.05, 0.1) is 10.5 Å². The first-order chi connectivity index (χ1) is 9.01. The van der Waals surface area contributed by atoms with Crippen LogP contribution in [0.3, 0.4) is 0 Å². The largest absolute Gasteiger partial charge is 0.372 e. The Morgan fingerprint density at radius 1 is 1.53 bits per heavy atom. The highest BCUT2D eigenvalue weighted by molar-refractivity contribution is 7.98. The molecule has 6 heteroatoms. The molecule has 0 heterocycles. The lowest BCUT2D eigenvalue weighted by molar-refractivity contribution is -0.385. The Bertz CT molecular complexity index is 465. The Morgan fingerprint density at radius 3 is 2.74 bits per heavy atom. The normalized spacial score (nSPS) is 11.9. The summed E-state index contributed by atoms with van der Waals surface area (Å²) >= 11 is 1.78. The molecule has 0 saturated carbocycles. The third kappa shape index (κ3) is 3.96. The molecule has 0 radical (unpaired) electrons. The molecule has 5 nitrogen and oxygen atoms in total. The fourth-order valence-corrected chi connectivity index (χ4v) is 2.34. The van der Waals surface area contributed by atoms with E-state index in [1.54, 1.807) is 23.9 Å². The molecule has 1 aromatic carbocycles. The highest BCUT2D eigenvalue weighted by atomic mass is 32.2. The molecule has 1 aromatic rings. The third-order valence-electron chi connectivity index (χ3n) is 3.14. The summed E-state index contributed by atoms with van der Waals surface area (Å²) in [6.07, 6.45) is 3.61. The second kappa shape index (κ2) is 7.13. The minimum Gasteiger partial charge on any atom is -0.372 e. The number of nitrogens with zero attached hydrogens (tertiary/aromatic N) is 2. The van der Waals surface area contributed by atoms with E-state index < -0.39 is 4.92 Å². The molecular weight excluding hydrogens is 264 g/mol. The van der Waals surface area contributed by atoms with Crippen LogP contribution in [0.1, 0.15) is 23.7 Å². The second-order valence-corrected chi connectivity index (χ2v) is 5.35. The molecule has 0 aromatic heterocycles. The molecule has 1 rings (SSSR count). The van der Waals surface area contributed by atoms with Crippen LogP contribution in [0.15, 0.2) is 18.2 Å². The fraction of sp³-hybridized carbons (Fsp3) is 0.462. The minimum absolute atomic E-state index is 0.117. The molecule has 0 fully saturated rings. The zero-order valence-corrected chi connectivity index (χ0v) is 12.1. The molecule has 19 heavy (non-hydrogen) atoms. The number of benzene rings is 1. The summed E-state index contributed by atoms with van der Waals surface area (Å²) in [4.78, 5) is 23.2. The van der Waals surface area contributed by atoms with Crippen molar-refractivity contribution in [2.45, 2.75) is 19.4 Å². The van der Waals surface area contributed by atoms with Crippen LogP contribution >= 0.6 is 11.8 Å². The van der Waals surface area contributed by atoms with E-state index in [2.05, 4.69) is 13.2 Å². The first kappa shape index (κ1) is 15.5. The van der Waals surface area contributed by atoms with E-state index in [0.717, 1.165) is 17.9 Å². The van der Waals surface area contributed by atoms with Gasteiger partial charge in [0.25, 0.3) is 5.69 Å². The van der Waals surface area contributed by atoms with Gasteiger partial charge in [0.15, 0.2) is 6.29 Å². The molecule has 0 spiro atoms. The molecule has 0 aliphatic rings. The van der Waals surface area contributed by atoms with Crippen LogP contribution in [0.25, 0.3) is 0 Å². The molecule has 0 N–H and O–H groups in total. The highest BCUT2D eigenvalue weighted by Crippen LogP contribution is 2.25. The van der Waals surface area contributed by atoms with E-state index in [0.29, 0.717) is 12.3 Å². The molecule has 104 valence electrons. The van der Waals surface area contributed by atoms with Crippen molar-refractivity contribution in [3.05, 3.63) is 33.9 Å². The number of carbonyl (C=O) groups excluding carboxylic acids is 1. The maximum Gasteiger partial charge on any atom is 0.280 e. The van der Waals surface area contributed by atoms with Gasteiger partial charge >= 0.3 is 0 Å². The van der Waals surface area contributed by atoms with E-state index in [-0.39, 0.29) is 11.3 Å². The number of hydrogen-bond donors (Lipinski definition) is 0. The quantitative estimate of drug-likeness (QED) is 0.437. The number of nitro benzene ring substituents is 1. The van der Waals surface area contributed by atoms with Gasteiger partial charge in [0.1, 0.15) is 0 Å². The average Bonchev–Trinajstić information content (AvgIpc) is 2.42. The minimum atomic E-state index is -0.537. The van der Waals surface area contributed by atoms with Crippen LogP contribution in [0.2, 0.25) is 0 Å². The smallest absolute Gasteiger partial charge is 0.280 e. The molecule has 1 atom stereocenters. The number of nitro groups is 1. The van der Waals surface area contributed by atoms with Crippen molar-refractivity contribution in [1.82, 2.24) is 0 Å². The number of rotatable bonds is 7. The molecule has 0 aliphatic carbocycles. The van der Waals surface area contributed by atoms with Gasteiger partial charge in [0, 0.05) is 24.8 Å². The lowest BCUT2D eigenvalue weighted by atomic mass is 10.1. The Labute approximate surface area is 117 Å². The summed E-state index contributed by atoms with van der Waals surface area (Å²) in [5, 5.41) is 10.8. The van der Waals surface area contributed by atoms with Gasteiger partial charge in [-0.1, -0.05) is 0 Å². The number of carbonyl (C=O) groups is 1.